The molecule has 0 radical (unpaired) electrons. The summed E-state index contributed by atoms with van der Waals surface area (Å²) in [5.74, 6) is 0.0690. The number of ether oxygens (including phenoxy) is 1. The largest absolute Gasteiger partial charge is 0.432 e. The predicted molar refractivity (Wildman–Crippen MR) is 82.0 cm³/mol. The summed E-state index contributed by atoms with van der Waals surface area (Å²) in [6, 6.07) is 6.08. The summed E-state index contributed by atoms with van der Waals surface area (Å²) in [5.41, 5.74) is -0.786. The van der Waals surface area contributed by atoms with Crippen LogP contribution in [0.5, 0.6) is 0 Å². The van der Waals surface area contributed by atoms with E-state index >= 15 is 0 Å². The highest BCUT2D eigenvalue weighted by Gasteiger charge is 2.33. The summed E-state index contributed by atoms with van der Waals surface area (Å²) in [4.78, 5) is 18.5. The molecule has 0 aliphatic carbocycles. The van der Waals surface area contributed by atoms with Gasteiger partial charge in [-0.25, -0.2) is 4.98 Å². The molecule has 0 atom stereocenters. The van der Waals surface area contributed by atoms with E-state index in [0.717, 1.165) is 18.9 Å². The Bertz CT molecular complexity index is 741. The molecule has 2 aromatic rings. The van der Waals surface area contributed by atoms with Gasteiger partial charge in [-0.3, -0.25) is 9.89 Å². The lowest BCUT2D eigenvalue weighted by molar-refractivity contribution is -0.141. The Balaban J connectivity index is 1.61. The van der Waals surface area contributed by atoms with Crippen molar-refractivity contribution in [2.45, 2.75) is 12.7 Å². The van der Waals surface area contributed by atoms with Crippen molar-refractivity contribution in [1.82, 2.24) is 20.5 Å². The molecule has 25 heavy (non-hydrogen) atoms. The highest BCUT2D eigenvalue weighted by atomic mass is 19.4. The fraction of sp³-hybridized carbons (Fsp3) is 0.400. The van der Waals surface area contributed by atoms with Gasteiger partial charge in [0.05, 0.1) is 25.5 Å². The van der Waals surface area contributed by atoms with Crippen molar-refractivity contribution in [1.29, 1.82) is 0 Å². The van der Waals surface area contributed by atoms with Crippen LogP contribution in [0.3, 0.4) is 0 Å². The monoisotopic (exact) mass is 355 g/mol. The van der Waals surface area contributed by atoms with E-state index in [2.05, 4.69) is 20.3 Å². The Kier molecular flexibility index (Phi) is 4.88. The van der Waals surface area contributed by atoms with Crippen LogP contribution in [0.1, 0.15) is 21.9 Å². The van der Waals surface area contributed by atoms with Crippen molar-refractivity contribution < 1.29 is 22.7 Å². The van der Waals surface area contributed by atoms with E-state index in [9.17, 15) is 18.0 Å². The van der Waals surface area contributed by atoms with Crippen LogP contribution in [0.15, 0.2) is 24.3 Å². The first-order valence-electron chi connectivity index (χ1n) is 7.63. The van der Waals surface area contributed by atoms with E-state index in [1.54, 1.807) is 11.2 Å². The molecule has 0 bridgehead atoms. The molecule has 1 aliphatic rings. The zero-order chi connectivity index (χ0) is 17.9. The number of anilines is 1. The zero-order valence-corrected chi connectivity index (χ0v) is 13.1. The number of rotatable bonds is 4. The van der Waals surface area contributed by atoms with Crippen LogP contribution in [-0.4, -0.2) is 47.4 Å². The number of halogens is 3. The predicted octanol–water partition coefficient (Wildman–Crippen LogP) is 1.59. The van der Waals surface area contributed by atoms with Gasteiger partial charge in [-0.2, -0.15) is 18.3 Å². The molecule has 1 fully saturated rings. The number of nitrogens with one attached hydrogen (secondary N) is 2. The lowest BCUT2D eigenvalue weighted by Gasteiger charge is -2.28. The number of aromatic nitrogens is 3. The second-order valence-electron chi connectivity index (χ2n) is 5.43. The fourth-order valence-electron chi connectivity index (χ4n) is 2.38. The molecule has 3 rings (SSSR count). The van der Waals surface area contributed by atoms with E-state index in [1.807, 2.05) is 12.1 Å². The first-order valence-corrected chi connectivity index (χ1v) is 7.63. The van der Waals surface area contributed by atoms with Crippen LogP contribution < -0.4 is 10.2 Å². The van der Waals surface area contributed by atoms with Crippen LogP contribution in [-0.2, 0) is 17.5 Å². The minimum Gasteiger partial charge on any atom is -0.378 e. The molecule has 0 unspecified atom stereocenters. The molecular formula is C15H16F3N5O2. The Morgan fingerprint density at radius 1 is 1.32 bits per heavy atom. The maximum atomic E-state index is 12.5. The molecule has 2 aromatic heterocycles. The number of nitrogens with zero attached hydrogens (tertiary/aromatic N) is 3. The van der Waals surface area contributed by atoms with Crippen LogP contribution in [0, 0.1) is 0 Å². The molecular weight excluding hydrogens is 339 g/mol. The van der Waals surface area contributed by atoms with Crippen LogP contribution >= 0.6 is 0 Å². The summed E-state index contributed by atoms with van der Waals surface area (Å²) < 4.78 is 42.8. The first-order chi connectivity index (χ1) is 11.9. The Morgan fingerprint density at radius 2 is 2.08 bits per heavy atom. The van der Waals surface area contributed by atoms with Crippen molar-refractivity contribution in [2.75, 3.05) is 31.2 Å². The number of amides is 1. The van der Waals surface area contributed by atoms with E-state index in [0.29, 0.717) is 25.0 Å². The summed E-state index contributed by atoms with van der Waals surface area (Å²) in [6.07, 6.45) is -4.57. The van der Waals surface area contributed by atoms with E-state index in [4.69, 9.17) is 4.74 Å². The zero-order valence-electron chi connectivity index (χ0n) is 13.1. The smallest absolute Gasteiger partial charge is 0.378 e. The number of alkyl halides is 3. The third kappa shape index (κ3) is 4.27. The lowest BCUT2D eigenvalue weighted by Crippen LogP contribution is -2.37. The number of carbonyl (C=O) groups excluding carboxylic acids is 1. The highest BCUT2D eigenvalue weighted by molar-refractivity contribution is 5.92. The number of morpholine rings is 1. The van der Waals surface area contributed by atoms with Gasteiger partial charge in [0.25, 0.3) is 5.91 Å². The quantitative estimate of drug-likeness (QED) is 0.870. The van der Waals surface area contributed by atoms with Gasteiger partial charge < -0.3 is 15.0 Å². The summed E-state index contributed by atoms with van der Waals surface area (Å²) in [7, 11) is 0. The van der Waals surface area contributed by atoms with Crippen LogP contribution in [0.4, 0.5) is 19.0 Å². The number of hydrogen-bond acceptors (Lipinski definition) is 5. The number of aromatic amines is 1. The molecule has 7 nitrogen and oxygen atoms in total. The van der Waals surface area contributed by atoms with Gasteiger partial charge in [0, 0.05) is 19.2 Å². The second kappa shape index (κ2) is 7.09. The minimum atomic E-state index is -4.57. The molecule has 1 saturated heterocycles. The molecule has 2 N–H and O–H groups in total. The number of pyridine rings is 1. The molecule has 0 aromatic carbocycles. The SMILES string of the molecule is O=C(NCc1cccc(N2CCOCC2)n1)c1cc(C(F)(F)F)[nH]n1. The molecule has 0 spiro atoms. The number of hydrogen-bond donors (Lipinski definition) is 2. The highest BCUT2D eigenvalue weighted by Crippen LogP contribution is 2.27. The first kappa shape index (κ1) is 17.2. The molecule has 1 amide bonds. The van der Waals surface area contributed by atoms with E-state index in [1.165, 1.54) is 0 Å². The number of carbonyl (C=O) groups is 1. The van der Waals surface area contributed by atoms with Gasteiger partial charge in [-0.05, 0) is 12.1 Å². The normalized spacial score (nSPS) is 15.2. The van der Waals surface area contributed by atoms with Crippen molar-refractivity contribution in [2.24, 2.45) is 0 Å². The average Bonchev–Trinajstić information content (AvgIpc) is 3.11. The van der Waals surface area contributed by atoms with Gasteiger partial charge in [0.1, 0.15) is 11.5 Å². The van der Waals surface area contributed by atoms with Gasteiger partial charge in [-0.1, -0.05) is 6.07 Å². The third-order valence-electron chi connectivity index (χ3n) is 3.67. The second-order valence-corrected chi connectivity index (χ2v) is 5.43. The van der Waals surface area contributed by atoms with Crippen LogP contribution in [0.2, 0.25) is 0 Å². The maximum absolute atomic E-state index is 12.5. The third-order valence-corrected chi connectivity index (χ3v) is 3.67. The maximum Gasteiger partial charge on any atom is 0.432 e. The van der Waals surface area contributed by atoms with Crippen molar-refractivity contribution in [3.05, 3.63) is 41.3 Å². The van der Waals surface area contributed by atoms with Gasteiger partial charge >= 0.3 is 6.18 Å². The van der Waals surface area contributed by atoms with Crippen LogP contribution in [0.25, 0.3) is 0 Å². The van der Waals surface area contributed by atoms with Gasteiger partial charge in [-0.15, -0.1) is 0 Å². The Morgan fingerprint density at radius 3 is 2.76 bits per heavy atom. The topological polar surface area (TPSA) is 83.1 Å². The average molecular weight is 355 g/mol. The van der Waals surface area contributed by atoms with E-state index < -0.39 is 17.8 Å². The molecule has 134 valence electrons. The van der Waals surface area contributed by atoms with Gasteiger partial charge in [0.2, 0.25) is 0 Å². The molecule has 0 saturated carbocycles. The summed E-state index contributed by atoms with van der Waals surface area (Å²) in [5, 5.41) is 7.71. The lowest BCUT2D eigenvalue weighted by atomic mass is 10.3. The van der Waals surface area contributed by atoms with Crippen molar-refractivity contribution >= 4 is 11.7 Å². The Hall–Kier alpha value is -2.62. The molecule has 1 aliphatic heterocycles. The van der Waals surface area contributed by atoms with Gasteiger partial charge in [0.15, 0.2) is 5.69 Å². The Labute approximate surface area is 141 Å². The van der Waals surface area contributed by atoms with E-state index in [-0.39, 0.29) is 12.2 Å². The fourth-order valence-corrected chi connectivity index (χ4v) is 2.38. The van der Waals surface area contributed by atoms with Crippen molar-refractivity contribution in [3.8, 4) is 0 Å². The number of H-pyrrole nitrogens is 1. The van der Waals surface area contributed by atoms with Crippen molar-refractivity contribution in [3.63, 3.8) is 0 Å². The summed E-state index contributed by atoms with van der Waals surface area (Å²) in [6.45, 7) is 2.81. The standard InChI is InChI=1S/C15H16F3N5O2/c16-15(17,18)12-8-11(21-22-12)14(24)19-9-10-2-1-3-13(20-10)23-4-6-25-7-5-23/h1-3,8H,4-7,9H2,(H,19,24)(H,21,22). The molecule has 3 heterocycles. The minimum absolute atomic E-state index is 0.0885. The summed E-state index contributed by atoms with van der Waals surface area (Å²) >= 11 is 0. The molecule has 10 heteroatoms.